The van der Waals surface area contributed by atoms with Crippen LogP contribution in [-0.2, 0) is 6.54 Å². The highest BCUT2D eigenvalue weighted by molar-refractivity contribution is 7.80. The third-order valence-electron chi connectivity index (χ3n) is 5.66. The standard InChI is InChI=1S/C26H26N4O2S/c1-18(2)32-20-12-10-19(11-13-20)30-25(24(28-26(30)33)22-8-3-4-14-27-22)23-9-5-15-29(23)17-21-7-6-16-31-21/h3-16,18,24-25H,17H2,1-2H3,(H,28,33)/t24-,25-/m1/s1. The number of aromatic nitrogens is 2. The van der Waals surface area contributed by atoms with Gasteiger partial charge in [-0.1, -0.05) is 6.07 Å². The largest absolute Gasteiger partial charge is 0.491 e. The van der Waals surface area contributed by atoms with Crippen molar-refractivity contribution in [2.45, 2.75) is 38.6 Å². The molecule has 4 heterocycles. The maximum absolute atomic E-state index is 5.84. The zero-order chi connectivity index (χ0) is 22.8. The van der Waals surface area contributed by atoms with Crippen molar-refractivity contribution in [1.29, 1.82) is 0 Å². The highest BCUT2D eigenvalue weighted by Crippen LogP contribution is 2.42. The average molecular weight is 459 g/mol. The van der Waals surface area contributed by atoms with Crippen LogP contribution in [0.15, 0.2) is 89.8 Å². The minimum Gasteiger partial charge on any atom is -0.491 e. The summed E-state index contributed by atoms with van der Waals surface area (Å²) in [5.41, 5.74) is 3.06. The molecule has 168 valence electrons. The number of hydrogen-bond donors (Lipinski definition) is 1. The second kappa shape index (κ2) is 9.11. The fourth-order valence-electron chi connectivity index (χ4n) is 4.30. The van der Waals surface area contributed by atoms with Gasteiger partial charge in [-0.2, -0.15) is 0 Å². The summed E-state index contributed by atoms with van der Waals surface area (Å²) in [7, 11) is 0. The van der Waals surface area contributed by atoms with E-state index in [4.69, 9.17) is 21.4 Å². The number of rotatable bonds is 7. The molecule has 0 spiro atoms. The molecule has 7 heteroatoms. The lowest BCUT2D eigenvalue weighted by molar-refractivity contribution is 0.242. The molecule has 1 aromatic carbocycles. The van der Waals surface area contributed by atoms with Gasteiger partial charge in [0.15, 0.2) is 5.11 Å². The third-order valence-corrected chi connectivity index (χ3v) is 5.97. The van der Waals surface area contributed by atoms with Gasteiger partial charge in [-0.05, 0) is 86.7 Å². The van der Waals surface area contributed by atoms with Gasteiger partial charge in [0.05, 0.1) is 30.6 Å². The van der Waals surface area contributed by atoms with E-state index in [1.54, 1.807) is 6.26 Å². The van der Waals surface area contributed by atoms with E-state index in [2.05, 4.69) is 50.2 Å². The van der Waals surface area contributed by atoms with Gasteiger partial charge in [-0.25, -0.2) is 0 Å². The van der Waals surface area contributed by atoms with Gasteiger partial charge in [0.25, 0.3) is 0 Å². The Morgan fingerprint density at radius 1 is 1.06 bits per heavy atom. The Hall–Kier alpha value is -3.58. The van der Waals surface area contributed by atoms with Crippen molar-refractivity contribution in [3.05, 3.63) is 103 Å². The van der Waals surface area contributed by atoms with E-state index in [-0.39, 0.29) is 18.2 Å². The van der Waals surface area contributed by atoms with Gasteiger partial charge < -0.3 is 23.9 Å². The molecule has 6 nitrogen and oxygen atoms in total. The molecule has 5 rings (SSSR count). The van der Waals surface area contributed by atoms with Crippen LogP contribution in [0, 0.1) is 0 Å². The molecule has 1 aliphatic rings. The summed E-state index contributed by atoms with van der Waals surface area (Å²) in [6.07, 6.45) is 5.72. The maximum Gasteiger partial charge on any atom is 0.174 e. The minimum atomic E-state index is -0.101. The summed E-state index contributed by atoms with van der Waals surface area (Å²) < 4.78 is 13.7. The zero-order valence-corrected chi connectivity index (χ0v) is 19.4. The van der Waals surface area contributed by atoms with Gasteiger partial charge >= 0.3 is 0 Å². The fraction of sp³-hybridized carbons (Fsp3) is 0.231. The van der Waals surface area contributed by atoms with Gasteiger partial charge in [-0.15, -0.1) is 0 Å². The molecule has 0 amide bonds. The van der Waals surface area contributed by atoms with Crippen LogP contribution in [0.4, 0.5) is 5.69 Å². The van der Waals surface area contributed by atoms with Gasteiger partial charge in [-0.3, -0.25) is 4.98 Å². The van der Waals surface area contributed by atoms with Crippen LogP contribution in [-0.4, -0.2) is 20.8 Å². The summed E-state index contributed by atoms with van der Waals surface area (Å²) in [5, 5.41) is 4.18. The van der Waals surface area contributed by atoms with Crippen molar-refractivity contribution in [3.8, 4) is 5.75 Å². The Morgan fingerprint density at radius 2 is 1.91 bits per heavy atom. The summed E-state index contributed by atoms with van der Waals surface area (Å²) in [6, 6.07) is 22.0. The van der Waals surface area contributed by atoms with Crippen LogP contribution in [0.25, 0.3) is 0 Å². The monoisotopic (exact) mass is 458 g/mol. The molecule has 2 atom stereocenters. The second-order valence-electron chi connectivity index (χ2n) is 8.30. The van der Waals surface area contributed by atoms with Gasteiger partial charge in [0, 0.05) is 23.8 Å². The number of furan rings is 1. The molecule has 0 aliphatic carbocycles. The first-order valence-corrected chi connectivity index (χ1v) is 11.5. The number of nitrogens with zero attached hydrogens (tertiary/aromatic N) is 3. The average Bonchev–Trinajstić information content (AvgIpc) is 3.55. The number of pyridine rings is 1. The van der Waals surface area contributed by atoms with Crippen LogP contribution in [0.1, 0.15) is 43.1 Å². The summed E-state index contributed by atoms with van der Waals surface area (Å²) in [5.74, 6) is 1.74. The summed E-state index contributed by atoms with van der Waals surface area (Å²) >= 11 is 5.84. The van der Waals surface area contributed by atoms with Crippen LogP contribution >= 0.6 is 12.2 Å². The first-order valence-electron chi connectivity index (χ1n) is 11.0. The molecule has 0 saturated carbocycles. The van der Waals surface area contributed by atoms with Crippen molar-refractivity contribution < 1.29 is 9.15 Å². The highest BCUT2D eigenvalue weighted by atomic mass is 32.1. The number of anilines is 1. The molecule has 4 aromatic rings. The Morgan fingerprint density at radius 3 is 2.61 bits per heavy atom. The van der Waals surface area contributed by atoms with E-state index in [1.807, 2.05) is 62.5 Å². The first kappa shape index (κ1) is 21.3. The van der Waals surface area contributed by atoms with E-state index >= 15 is 0 Å². The molecular weight excluding hydrogens is 432 g/mol. The zero-order valence-electron chi connectivity index (χ0n) is 18.6. The minimum absolute atomic E-state index is 0.0887. The number of hydrogen-bond acceptors (Lipinski definition) is 4. The first-order chi connectivity index (χ1) is 16.1. The van der Waals surface area contributed by atoms with Crippen molar-refractivity contribution in [2.75, 3.05) is 4.90 Å². The predicted octanol–water partition coefficient (Wildman–Crippen LogP) is 5.49. The molecule has 1 fully saturated rings. The van der Waals surface area contributed by atoms with E-state index in [9.17, 15) is 0 Å². The van der Waals surface area contributed by atoms with Crippen molar-refractivity contribution in [3.63, 3.8) is 0 Å². The van der Waals surface area contributed by atoms with E-state index in [1.165, 1.54) is 0 Å². The molecule has 0 bridgehead atoms. The number of benzene rings is 1. The Bertz CT molecular complexity index is 1200. The quantitative estimate of drug-likeness (QED) is 0.370. The third kappa shape index (κ3) is 4.36. The van der Waals surface area contributed by atoms with Crippen LogP contribution in [0.5, 0.6) is 5.75 Å². The van der Waals surface area contributed by atoms with Crippen LogP contribution in [0.2, 0.25) is 0 Å². The van der Waals surface area contributed by atoms with Crippen molar-refractivity contribution in [1.82, 2.24) is 14.9 Å². The van der Waals surface area contributed by atoms with Gasteiger partial charge in [0.2, 0.25) is 0 Å². The molecule has 0 unspecified atom stereocenters. The maximum atomic E-state index is 5.84. The predicted molar refractivity (Wildman–Crippen MR) is 132 cm³/mol. The van der Waals surface area contributed by atoms with Crippen molar-refractivity contribution >= 4 is 23.0 Å². The SMILES string of the molecule is CC(C)Oc1ccc(N2C(=S)N[C@H](c3ccccn3)[C@H]2c2cccn2Cc2ccco2)cc1. The summed E-state index contributed by atoms with van der Waals surface area (Å²) in [4.78, 5) is 6.81. The van der Waals surface area contributed by atoms with E-state index < -0.39 is 0 Å². The Labute approximate surface area is 198 Å². The lowest BCUT2D eigenvalue weighted by atomic mass is 10.0. The lowest BCUT2D eigenvalue weighted by Crippen LogP contribution is -2.30. The van der Waals surface area contributed by atoms with Crippen molar-refractivity contribution in [2.24, 2.45) is 0 Å². The smallest absolute Gasteiger partial charge is 0.174 e. The number of thiocarbonyl (C=S) groups is 1. The normalized spacial score (nSPS) is 18.0. The number of ether oxygens (including phenoxy) is 1. The molecule has 3 aromatic heterocycles. The molecule has 1 aliphatic heterocycles. The summed E-state index contributed by atoms with van der Waals surface area (Å²) in [6.45, 7) is 4.69. The highest BCUT2D eigenvalue weighted by Gasteiger charge is 2.42. The molecule has 0 radical (unpaired) electrons. The van der Waals surface area contributed by atoms with Crippen LogP contribution < -0.4 is 15.0 Å². The van der Waals surface area contributed by atoms with E-state index in [0.29, 0.717) is 11.7 Å². The molecule has 33 heavy (non-hydrogen) atoms. The fourth-order valence-corrected chi connectivity index (χ4v) is 4.65. The van der Waals surface area contributed by atoms with E-state index in [0.717, 1.165) is 28.6 Å². The van der Waals surface area contributed by atoms with Crippen LogP contribution in [0.3, 0.4) is 0 Å². The number of nitrogens with one attached hydrogen (secondary N) is 1. The lowest BCUT2D eigenvalue weighted by Gasteiger charge is -2.29. The molecule has 1 saturated heterocycles. The van der Waals surface area contributed by atoms with Gasteiger partial charge in [0.1, 0.15) is 17.6 Å². The molecular formula is C26H26N4O2S. The topological polar surface area (TPSA) is 55.5 Å². The second-order valence-corrected chi connectivity index (χ2v) is 8.68. The molecule has 1 N–H and O–H groups in total. The Balaban J connectivity index is 1.55. The Kier molecular flexibility index (Phi) is 5.88.